The van der Waals surface area contributed by atoms with Gasteiger partial charge in [0.15, 0.2) is 0 Å². The van der Waals surface area contributed by atoms with Crippen molar-refractivity contribution in [1.82, 2.24) is 15.4 Å². The van der Waals surface area contributed by atoms with Crippen molar-refractivity contribution in [3.63, 3.8) is 0 Å². The lowest BCUT2D eigenvalue weighted by molar-refractivity contribution is -0.128. The lowest BCUT2D eigenvalue weighted by Crippen LogP contribution is -2.38. The quantitative estimate of drug-likeness (QED) is 0.301. The smallest absolute Gasteiger partial charge is 0.322 e. The molecule has 0 saturated heterocycles. The number of H-pyrrole nitrogens is 1. The third-order valence-corrected chi connectivity index (χ3v) is 5.08. The molecule has 0 aliphatic heterocycles. The number of imidazole rings is 1. The monoisotopic (exact) mass is 323 g/mol. The Balaban J connectivity index is 2.12. The van der Waals surface area contributed by atoms with E-state index in [9.17, 15) is 9.35 Å². The van der Waals surface area contributed by atoms with E-state index in [1.165, 1.54) is 0 Å². The molecule has 22 heavy (non-hydrogen) atoms. The van der Waals surface area contributed by atoms with Crippen molar-refractivity contribution < 1.29 is 14.6 Å². The van der Waals surface area contributed by atoms with Crippen LogP contribution < -0.4 is 5.48 Å². The number of hydrogen-bond acceptors (Lipinski definition) is 4. The molecule has 0 radical (unpaired) electrons. The number of hydrogen-bond donors (Lipinski definition) is 3. The van der Waals surface area contributed by atoms with Crippen molar-refractivity contribution in [2.75, 3.05) is 0 Å². The molecule has 1 amide bonds. The number of unbranched alkanes of at least 4 members (excludes halogenated alkanes) is 3. The summed E-state index contributed by atoms with van der Waals surface area (Å²) in [5.74, 6) is -0.629. The maximum absolute atomic E-state index is 12.6. The van der Waals surface area contributed by atoms with Gasteiger partial charge in [-0.1, -0.05) is 38.3 Å². The van der Waals surface area contributed by atoms with E-state index >= 15 is 0 Å². The minimum atomic E-state index is -1.63. The maximum atomic E-state index is 12.6. The Morgan fingerprint density at radius 2 is 2.18 bits per heavy atom. The Labute approximate surface area is 132 Å². The van der Waals surface area contributed by atoms with Gasteiger partial charge in [-0.15, -0.1) is 0 Å². The van der Waals surface area contributed by atoms with Crippen molar-refractivity contribution in [2.45, 2.75) is 49.4 Å². The Bertz CT molecular complexity index is 584. The van der Waals surface area contributed by atoms with Gasteiger partial charge in [0.25, 0.3) is 5.91 Å². The van der Waals surface area contributed by atoms with Crippen LogP contribution in [-0.2, 0) is 16.0 Å². The van der Waals surface area contributed by atoms with E-state index in [0.29, 0.717) is 11.9 Å². The molecule has 0 aliphatic carbocycles. The molecule has 2 aromatic rings. The van der Waals surface area contributed by atoms with Gasteiger partial charge in [0.1, 0.15) is 0 Å². The summed E-state index contributed by atoms with van der Waals surface area (Å²) in [6.45, 7) is 2.10. The van der Waals surface area contributed by atoms with Gasteiger partial charge in [0, 0.05) is 17.6 Å². The van der Waals surface area contributed by atoms with E-state index in [-0.39, 0.29) is 5.16 Å². The summed E-state index contributed by atoms with van der Waals surface area (Å²) >= 11 is -1.63. The van der Waals surface area contributed by atoms with Crippen molar-refractivity contribution in [3.05, 3.63) is 24.3 Å². The van der Waals surface area contributed by atoms with Gasteiger partial charge in [-0.05, 0) is 18.6 Å². The summed E-state index contributed by atoms with van der Waals surface area (Å²) in [5, 5.41) is 8.34. The van der Waals surface area contributed by atoms with Crippen LogP contribution in [-0.4, -0.2) is 30.9 Å². The van der Waals surface area contributed by atoms with Crippen molar-refractivity contribution >= 4 is 28.1 Å². The fraction of sp³-hybridized carbons (Fsp3) is 0.467. The molecule has 1 aromatic heterocycles. The average Bonchev–Trinajstić information content (AvgIpc) is 2.98. The summed E-state index contributed by atoms with van der Waals surface area (Å²) in [6, 6.07) is 7.36. The predicted octanol–water partition coefficient (Wildman–Crippen LogP) is 2.51. The zero-order valence-corrected chi connectivity index (χ0v) is 13.4. The molecule has 2 atom stereocenters. The fourth-order valence-corrected chi connectivity index (χ4v) is 3.62. The molecular weight excluding hydrogens is 302 g/mol. The Kier molecular flexibility index (Phi) is 6.23. The second-order valence-electron chi connectivity index (χ2n) is 5.17. The van der Waals surface area contributed by atoms with Gasteiger partial charge in [0.05, 0.1) is 11.0 Å². The summed E-state index contributed by atoms with van der Waals surface area (Å²) in [6.07, 6.45) is 4.38. The normalized spacial score (nSPS) is 14.0. The molecule has 2 unspecified atom stereocenters. The molecule has 2 rings (SSSR count). The van der Waals surface area contributed by atoms with E-state index in [4.69, 9.17) is 5.21 Å². The van der Waals surface area contributed by atoms with Crippen LogP contribution in [0.5, 0.6) is 0 Å². The third-order valence-electron chi connectivity index (χ3n) is 3.54. The Morgan fingerprint density at radius 3 is 2.86 bits per heavy atom. The van der Waals surface area contributed by atoms with Gasteiger partial charge in [-0.25, -0.2) is 5.48 Å². The van der Waals surface area contributed by atoms with Crippen LogP contribution in [0.1, 0.15) is 39.0 Å². The van der Waals surface area contributed by atoms with Crippen LogP contribution in [0.25, 0.3) is 11.0 Å². The highest BCUT2D eigenvalue weighted by Gasteiger charge is 2.34. The summed E-state index contributed by atoms with van der Waals surface area (Å²) in [5.41, 5.74) is 3.10. The van der Waals surface area contributed by atoms with E-state index in [1.807, 2.05) is 24.3 Å². The lowest BCUT2D eigenvalue weighted by Gasteiger charge is -2.17. The molecule has 6 nitrogen and oxygen atoms in total. The third kappa shape index (κ3) is 4.00. The minimum absolute atomic E-state index is 0.269. The van der Waals surface area contributed by atoms with Gasteiger partial charge in [-0.2, -0.15) is 4.98 Å². The number of nitrogens with one attached hydrogen (secondary N) is 2. The van der Waals surface area contributed by atoms with E-state index < -0.39 is 22.3 Å². The highest BCUT2D eigenvalue weighted by molar-refractivity contribution is 7.92. The first-order chi connectivity index (χ1) is 10.7. The maximum Gasteiger partial charge on any atom is 0.322 e. The van der Waals surface area contributed by atoms with Gasteiger partial charge >= 0.3 is 5.16 Å². The number of nitrogens with zero attached hydrogens (tertiary/aromatic N) is 1. The molecule has 0 aliphatic rings. The largest absolute Gasteiger partial charge is 0.608 e. The molecule has 3 N–H and O–H groups in total. The number of hydroxylamine groups is 1. The number of aromatic amines is 1. The number of rotatable bonds is 8. The number of fused-ring (bicyclic) bond motifs is 1. The number of benzene rings is 1. The Hall–Kier alpha value is -1.57. The van der Waals surface area contributed by atoms with Crippen molar-refractivity contribution in [2.24, 2.45) is 0 Å². The summed E-state index contributed by atoms with van der Waals surface area (Å²) in [4.78, 5) is 19.1. The van der Waals surface area contributed by atoms with Crippen LogP contribution in [0.15, 0.2) is 29.4 Å². The van der Waals surface area contributed by atoms with Crippen LogP contribution in [0.2, 0.25) is 0 Å². The summed E-state index contributed by atoms with van der Waals surface area (Å²) < 4.78 is 12.6. The second-order valence-corrected chi connectivity index (χ2v) is 6.72. The highest BCUT2D eigenvalue weighted by Crippen LogP contribution is 2.21. The topological polar surface area (TPSA) is 101 Å². The second kappa shape index (κ2) is 8.17. The first kappa shape index (κ1) is 16.8. The molecule has 0 bridgehead atoms. The zero-order chi connectivity index (χ0) is 15.9. The number of carbonyl (C=O) groups is 1. The number of amides is 1. The van der Waals surface area contributed by atoms with Crippen LogP contribution in [0.3, 0.4) is 0 Å². The van der Waals surface area contributed by atoms with E-state index in [0.717, 1.165) is 31.2 Å². The predicted molar refractivity (Wildman–Crippen MR) is 85.0 cm³/mol. The first-order valence-electron chi connectivity index (χ1n) is 7.46. The fourth-order valence-electron chi connectivity index (χ4n) is 2.32. The number of para-hydroxylation sites is 2. The molecule has 0 fully saturated rings. The van der Waals surface area contributed by atoms with Gasteiger partial charge < -0.3 is 4.55 Å². The number of aromatic nitrogens is 2. The summed E-state index contributed by atoms with van der Waals surface area (Å²) in [7, 11) is 0. The highest BCUT2D eigenvalue weighted by atomic mass is 32.2. The molecule has 1 heterocycles. The number of carbonyl (C=O) groups excluding carboxylic acids is 1. The van der Waals surface area contributed by atoms with E-state index in [2.05, 4.69) is 16.9 Å². The molecule has 1 aromatic carbocycles. The van der Waals surface area contributed by atoms with Crippen molar-refractivity contribution in [1.29, 1.82) is 0 Å². The van der Waals surface area contributed by atoms with Crippen LogP contribution in [0.4, 0.5) is 0 Å². The van der Waals surface area contributed by atoms with Crippen LogP contribution in [0, 0.1) is 0 Å². The van der Waals surface area contributed by atoms with Crippen molar-refractivity contribution in [3.8, 4) is 0 Å². The van der Waals surface area contributed by atoms with E-state index in [1.54, 1.807) is 5.48 Å². The lowest BCUT2D eigenvalue weighted by atomic mass is 10.1. The molecule has 0 spiro atoms. The van der Waals surface area contributed by atoms with Gasteiger partial charge in [0.2, 0.25) is 5.25 Å². The van der Waals surface area contributed by atoms with Gasteiger partial charge in [-0.3, -0.25) is 15.0 Å². The molecule has 0 saturated carbocycles. The minimum Gasteiger partial charge on any atom is -0.608 e. The molecular formula is C15H21N3O3S. The molecule has 120 valence electrons. The Morgan fingerprint density at radius 1 is 1.41 bits per heavy atom. The zero-order valence-electron chi connectivity index (χ0n) is 12.5. The molecule has 7 heteroatoms. The average molecular weight is 323 g/mol. The standard InChI is InChI=1S/C15H21N3O3S/c1-2-3-4-5-10-13(14(19)18-20)22(21)15-16-11-8-6-7-9-12(11)17-15/h6-9,13,20H,2-5,10H2,1H3,(H,16,17)(H,18,19). The first-order valence-corrected chi connectivity index (χ1v) is 8.68. The van der Waals surface area contributed by atoms with Crippen LogP contribution >= 0.6 is 0 Å². The SMILES string of the molecule is CCCCCCC(C(=O)NO)[S+]([O-])c1nc2ccccc2[nH]1.